The minimum Gasteiger partial charge on any atom is -0.493 e. The zero-order valence-electron chi connectivity index (χ0n) is 14.0. The molecule has 0 bridgehead atoms. The van der Waals surface area contributed by atoms with Crippen LogP contribution in [0.1, 0.15) is 23.4 Å². The monoisotopic (exact) mass is 368 g/mol. The summed E-state index contributed by atoms with van der Waals surface area (Å²) in [7, 11) is 1.32. The van der Waals surface area contributed by atoms with Gasteiger partial charge < -0.3 is 24.5 Å². The second-order valence-electron chi connectivity index (χ2n) is 5.13. The standard InChI is InChI=1S/C17H18F2N2O5/c1-24-12-7-6-11(10-14(12)26-17(18)19)21-15(22)5-2-8-20-16(23)13-4-3-9-25-13/h3-4,6-7,9-10,17H,2,5,8H2,1H3,(H,20,23)(H,21,22). The number of hydrogen-bond acceptors (Lipinski definition) is 5. The summed E-state index contributed by atoms with van der Waals surface area (Å²) in [4.78, 5) is 23.5. The number of carbonyl (C=O) groups is 2. The topological polar surface area (TPSA) is 89.8 Å². The summed E-state index contributed by atoms with van der Waals surface area (Å²) in [5.41, 5.74) is 0.297. The fourth-order valence-corrected chi connectivity index (χ4v) is 2.11. The van der Waals surface area contributed by atoms with Crippen LogP contribution in [0.5, 0.6) is 11.5 Å². The summed E-state index contributed by atoms with van der Waals surface area (Å²) in [5, 5.41) is 5.19. The largest absolute Gasteiger partial charge is 0.493 e. The highest BCUT2D eigenvalue weighted by Gasteiger charge is 2.13. The summed E-state index contributed by atoms with van der Waals surface area (Å²) < 4.78 is 39.0. The van der Waals surface area contributed by atoms with Gasteiger partial charge in [-0.1, -0.05) is 0 Å². The number of amides is 2. The molecule has 1 aromatic heterocycles. The second-order valence-corrected chi connectivity index (χ2v) is 5.13. The van der Waals surface area contributed by atoms with Crippen molar-refractivity contribution in [1.82, 2.24) is 5.32 Å². The van der Waals surface area contributed by atoms with E-state index >= 15 is 0 Å². The molecule has 0 aliphatic carbocycles. The number of rotatable bonds is 9. The van der Waals surface area contributed by atoms with E-state index in [1.807, 2.05) is 0 Å². The van der Waals surface area contributed by atoms with Crippen molar-refractivity contribution >= 4 is 17.5 Å². The predicted molar refractivity (Wildman–Crippen MR) is 88.5 cm³/mol. The average Bonchev–Trinajstić information content (AvgIpc) is 3.13. The first-order valence-corrected chi connectivity index (χ1v) is 7.74. The smallest absolute Gasteiger partial charge is 0.387 e. The minimum absolute atomic E-state index is 0.129. The van der Waals surface area contributed by atoms with Gasteiger partial charge >= 0.3 is 6.61 Å². The molecule has 0 radical (unpaired) electrons. The molecule has 2 amide bonds. The van der Waals surface area contributed by atoms with Crippen molar-refractivity contribution in [2.24, 2.45) is 0 Å². The van der Waals surface area contributed by atoms with Crippen LogP contribution in [0.25, 0.3) is 0 Å². The average molecular weight is 368 g/mol. The Balaban J connectivity index is 1.79. The Kier molecular flexibility index (Phi) is 6.95. The number of benzene rings is 1. The highest BCUT2D eigenvalue weighted by molar-refractivity contribution is 5.92. The minimum atomic E-state index is -3.01. The summed E-state index contributed by atoms with van der Waals surface area (Å²) in [6.45, 7) is -2.72. The van der Waals surface area contributed by atoms with E-state index in [1.54, 1.807) is 6.07 Å². The van der Waals surface area contributed by atoms with E-state index in [9.17, 15) is 18.4 Å². The number of hydrogen-bond donors (Lipinski definition) is 2. The molecule has 1 heterocycles. The molecule has 0 aliphatic heterocycles. The SMILES string of the molecule is COc1ccc(NC(=O)CCCNC(=O)c2ccco2)cc1OC(F)F. The van der Waals surface area contributed by atoms with Gasteiger partial charge in [0.1, 0.15) is 0 Å². The molecular weight excluding hydrogens is 350 g/mol. The van der Waals surface area contributed by atoms with Gasteiger partial charge in [-0.05, 0) is 30.7 Å². The fourth-order valence-electron chi connectivity index (χ4n) is 2.11. The van der Waals surface area contributed by atoms with Crippen LogP contribution in [0.4, 0.5) is 14.5 Å². The van der Waals surface area contributed by atoms with Crippen molar-refractivity contribution in [2.45, 2.75) is 19.5 Å². The number of halogens is 2. The summed E-state index contributed by atoms with van der Waals surface area (Å²) in [5.74, 6) is -0.543. The van der Waals surface area contributed by atoms with Gasteiger partial charge in [0.2, 0.25) is 5.91 Å². The number of methoxy groups -OCH3 is 1. The molecule has 1 aromatic carbocycles. The predicted octanol–water partition coefficient (Wildman–Crippen LogP) is 3.04. The lowest BCUT2D eigenvalue weighted by Gasteiger charge is -2.12. The molecule has 7 nitrogen and oxygen atoms in total. The van der Waals surface area contributed by atoms with Crippen LogP contribution in [0.15, 0.2) is 41.0 Å². The zero-order chi connectivity index (χ0) is 18.9. The summed E-state index contributed by atoms with van der Waals surface area (Å²) in [6, 6.07) is 7.31. The third-order valence-electron chi connectivity index (χ3n) is 3.27. The molecule has 2 N–H and O–H groups in total. The Bertz CT molecular complexity index is 735. The Labute approximate surface area is 148 Å². The molecule has 9 heteroatoms. The number of anilines is 1. The van der Waals surface area contributed by atoms with Crippen LogP contribution in [-0.4, -0.2) is 32.1 Å². The molecular formula is C17H18F2N2O5. The normalized spacial score (nSPS) is 10.5. The number of alkyl halides is 2. The number of furan rings is 1. The van der Waals surface area contributed by atoms with Gasteiger partial charge in [-0.3, -0.25) is 9.59 Å². The summed E-state index contributed by atoms with van der Waals surface area (Å²) in [6.07, 6.45) is 1.92. The number of carbonyl (C=O) groups excluding carboxylic acids is 2. The third kappa shape index (κ3) is 5.76. The molecule has 2 aromatic rings. The lowest BCUT2D eigenvalue weighted by atomic mass is 10.2. The Morgan fingerprint density at radius 1 is 1.23 bits per heavy atom. The molecule has 2 rings (SSSR count). The van der Waals surface area contributed by atoms with E-state index in [2.05, 4.69) is 15.4 Å². The quantitative estimate of drug-likeness (QED) is 0.664. The van der Waals surface area contributed by atoms with Crippen molar-refractivity contribution in [1.29, 1.82) is 0 Å². The highest BCUT2D eigenvalue weighted by atomic mass is 19.3. The van der Waals surface area contributed by atoms with Gasteiger partial charge in [-0.15, -0.1) is 0 Å². The molecule has 0 aliphatic rings. The highest BCUT2D eigenvalue weighted by Crippen LogP contribution is 2.31. The van der Waals surface area contributed by atoms with E-state index in [1.165, 1.54) is 37.6 Å². The maximum Gasteiger partial charge on any atom is 0.387 e. The number of ether oxygens (including phenoxy) is 2. The molecule has 26 heavy (non-hydrogen) atoms. The van der Waals surface area contributed by atoms with Gasteiger partial charge in [0.05, 0.1) is 13.4 Å². The summed E-state index contributed by atoms with van der Waals surface area (Å²) >= 11 is 0. The lowest BCUT2D eigenvalue weighted by Crippen LogP contribution is -2.25. The van der Waals surface area contributed by atoms with Crippen LogP contribution in [-0.2, 0) is 4.79 Å². The van der Waals surface area contributed by atoms with Gasteiger partial charge in [0.25, 0.3) is 5.91 Å². The van der Waals surface area contributed by atoms with E-state index < -0.39 is 6.61 Å². The molecule has 0 spiro atoms. The van der Waals surface area contributed by atoms with E-state index in [0.717, 1.165) is 0 Å². The van der Waals surface area contributed by atoms with Crippen LogP contribution < -0.4 is 20.1 Å². The van der Waals surface area contributed by atoms with Gasteiger partial charge in [-0.25, -0.2) is 0 Å². The molecule has 0 saturated heterocycles. The van der Waals surface area contributed by atoms with Crippen LogP contribution in [0, 0.1) is 0 Å². The molecule has 140 valence electrons. The molecule has 0 saturated carbocycles. The van der Waals surface area contributed by atoms with Gasteiger partial charge in [0, 0.05) is 24.7 Å². The van der Waals surface area contributed by atoms with Crippen LogP contribution in [0.3, 0.4) is 0 Å². The lowest BCUT2D eigenvalue weighted by molar-refractivity contribution is -0.116. The Morgan fingerprint density at radius 3 is 2.69 bits per heavy atom. The van der Waals surface area contributed by atoms with Gasteiger partial charge in [0.15, 0.2) is 17.3 Å². The maximum absolute atomic E-state index is 12.4. The van der Waals surface area contributed by atoms with E-state index in [4.69, 9.17) is 9.15 Å². The maximum atomic E-state index is 12.4. The van der Waals surface area contributed by atoms with Crippen molar-refractivity contribution in [2.75, 3.05) is 19.0 Å². The van der Waals surface area contributed by atoms with Crippen molar-refractivity contribution < 1.29 is 32.3 Å². The van der Waals surface area contributed by atoms with E-state index in [0.29, 0.717) is 12.1 Å². The van der Waals surface area contributed by atoms with Crippen molar-refractivity contribution in [3.8, 4) is 11.5 Å². The Hall–Kier alpha value is -3.10. The fraction of sp³-hybridized carbons (Fsp3) is 0.294. The molecule has 0 unspecified atom stereocenters. The molecule has 0 atom stereocenters. The molecule has 0 fully saturated rings. The zero-order valence-corrected chi connectivity index (χ0v) is 14.0. The first-order chi connectivity index (χ1) is 12.5. The number of nitrogens with one attached hydrogen (secondary N) is 2. The first kappa shape index (κ1) is 19.2. The van der Waals surface area contributed by atoms with E-state index in [-0.39, 0.29) is 42.0 Å². The van der Waals surface area contributed by atoms with Crippen LogP contribution in [0.2, 0.25) is 0 Å². The Morgan fingerprint density at radius 2 is 2.04 bits per heavy atom. The third-order valence-corrected chi connectivity index (χ3v) is 3.27. The van der Waals surface area contributed by atoms with Gasteiger partial charge in [-0.2, -0.15) is 8.78 Å². The van der Waals surface area contributed by atoms with Crippen molar-refractivity contribution in [3.63, 3.8) is 0 Å². The van der Waals surface area contributed by atoms with Crippen molar-refractivity contribution in [3.05, 3.63) is 42.4 Å². The first-order valence-electron chi connectivity index (χ1n) is 7.74. The van der Waals surface area contributed by atoms with Crippen LogP contribution >= 0.6 is 0 Å². The second kappa shape index (κ2) is 9.40.